The topological polar surface area (TPSA) is 96.7 Å². The van der Waals surface area contributed by atoms with Gasteiger partial charge in [0.15, 0.2) is 0 Å². The summed E-state index contributed by atoms with van der Waals surface area (Å²) in [6.07, 6.45) is 0. The Balaban J connectivity index is 1.85. The molecule has 0 fully saturated rings. The molecule has 0 saturated carbocycles. The molecule has 1 aromatic heterocycles. The van der Waals surface area contributed by atoms with Crippen LogP contribution in [-0.4, -0.2) is 32.8 Å². The highest BCUT2D eigenvalue weighted by atomic mass is 32.1. The lowest BCUT2D eigenvalue weighted by molar-refractivity contribution is -0.134. The van der Waals surface area contributed by atoms with E-state index in [-0.39, 0.29) is 11.0 Å². The molecule has 1 heterocycles. The quantitative estimate of drug-likeness (QED) is 0.199. The Morgan fingerprint density at radius 2 is 1.38 bits per heavy atom. The first-order valence-corrected chi connectivity index (χ1v) is 10.8. The average Bonchev–Trinajstić information content (AvgIpc) is 3.32. The molecule has 0 radical (unpaired) electrons. The average molecular weight is 480 g/mol. The molecule has 3 aromatic carbocycles. The van der Waals surface area contributed by atoms with Crippen LogP contribution in [0.5, 0.6) is 0 Å². The number of oxime groups is 1. The van der Waals surface area contributed by atoms with Crippen molar-refractivity contribution in [2.24, 2.45) is 5.16 Å². The van der Waals surface area contributed by atoms with Gasteiger partial charge in [0.05, 0.1) is 0 Å². The van der Waals surface area contributed by atoms with Crippen LogP contribution in [0.2, 0.25) is 0 Å². The van der Waals surface area contributed by atoms with Crippen molar-refractivity contribution in [2.45, 2.75) is 12.2 Å². The van der Waals surface area contributed by atoms with Crippen molar-refractivity contribution >= 4 is 28.3 Å². The molecule has 172 valence electrons. The Morgan fingerprint density at radius 3 is 1.79 bits per heavy atom. The van der Waals surface area contributed by atoms with Gasteiger partial charge in [-0.05, 0) is 16.7 Å². The lowest BCUT2D eigenvalue weighted by Crippen LogP contribution is -2.38. The fraction of sp³-hybridized carbons (Fsp3) is 0.0833. The third-order valence-corrected chi connectivity index (χ3v) is 5.61. The lowest BCUT2D eigenvalue weighted by Gasteiger charge is -2.36. The number of hydrogen-bond acceptors (Lipinski definition) is 7. The van der Waals surface area contributed by atoms with Crippen LogP contribution >= 0.6 is 11.5 Å². The molecule has 0 bridgehead atoms. The molecule has 0 saturated heterocycles. The molecular weight excluding hydrogens is 462 g/mol. The second kappa shape index (κ2) is 10.2. The van der Waals surface area contributed by atoms with Gasteiger partial charge in [-0.3, -0.25) is 0 Å². The Labute approximate surface area is 197 Å². The van der Waals surface area contributed by atoms with Gasteiger partial charge in [0.25, 0.3) is 0 Å². The van der Waals surface area contributed by atoms with Crippen LogP contribution in [-0.2, 0) is 15.2 Å². The molecule has 34 heavy (non-hydrogen) atoms. The maximum Gasteiger partial charge on any atom is 0.407 e. The van der Waals surface area contributed by atoms with Gasteiger partial charge >= 0.3 is 12.6 Å². The summed E-state index contributed by atoms with van der Waals surface area (Å²) in [6, 6.07) is 29.0. The predicted molar refractivity (Wildman–Crippen MR) is 124 cm³/mol. The molecule has 4 rings (SSSR count). The highest BCUT2D eigenvalue weighted by Gasteiger charge is 2.37. The number of halogens is 2. The zero-order chi connectivity index (χ0) is 24.0. The van der Waals surface area contributed by atoms with Crippen LogP contribution in [0.3, 0.4) is 0 Å². The highest BCUT2D eigenvalue weighted by Crippen LogP contribution is 2.40. The molecule has 0 unspecified atom stereocenters. The molecule has 0 spiro atoms. The molecule has 4 aromatic rings. The molecule has 10 heteroatoms. The van der Waals surface area contributed by atoms with Gasteiger partial charge in [-0.15, -0.1) is 0 Å². The number of hydrogen-bond donors (Lipinski definition) is 2. The molecule has 0 aliphatic rings. The summed E-state index contributed by atoms with van der Waals surface area (Å²) in [6.45, 7) is -3.27. The Morgan fingerprint density at radius 1 is 0.912 bits per heavy atom. The van der Waals surface area contributed by atoms with E-state index in [1.165, 1.54) is 0 Å². The predicted octanol–water partition coefficient (Wildman–Crippen LogP) is 4.97. The number of nitrogens with one attached hydrogen (secondary N) is 1. The monoisotopic (exact) mass is 480 g/mol. The Kier molecular flexibility index (Phi) is 6.88. The van der Waals surface area contributed by atoms with Gasteiger partial charge < -0.3 is 15.3 Å². The molecular formula is C24H18F2N4O3S. The van der Waals surface area contributed by atoms with E-state index in [2.05, 4.69) is 24.7 Å². The first-order valence-electron chi connectivity index (χ1n) is 10.0. The molecule has 0 aliphatic carbocycles. The number of benzene rings is 3. The van der Waals surface area contributed by atoms with E-state index >= 15 is 0 Å². The summed E-state index contributed by atoms with van der Waals surface area (Å²) in [5.74, 6) is -1.94. The number of carboxylic acid groups (broad SMARTS) is 1. The second-order valence-corrected chi connectivity index (χ2v) is 7.76. The van der Waals surface area contributed by atoms with E-state index in [1.54, 1.807) is 0 Å². The fourth-order valence-corrected chi connectivity index (χ4v) is 4.21. The first-order chi connectivity index (χ1) is 16.5. The standard InChI is InChI=1S/C24H18F2N4O3S/c25-22(26)33-29-19(21(31)32)20-27-23(34-30-20)28-24(16-10-4-1-5-11-16,17-12-6-2-7-13-17)18-14-8-3-9-15-18/h1-15,22H,(H,31,32)(H,27,28,30). The second-order valence-electron chi connectivity index (χ2n) is 7.01. The van der Waals surface area contributed by atoms with Crippen LogP contribution in [0.4, 0.5) is 13.9 Å². The number of carboxylic acids is 1. The summed E-state index contributed by atoms with van der Waals surface area (Å²) < 4.78 is 28.8. The number of rotatable bonds is 9. The number of nitrogens with zero attached hydrogens (tertiary/aromatic N) is 3. The van der Waals surface area contributed by atoms with Gasteiger partial charge in [0, 0.05) is 11.5 Å². The van der Waals surface area contributed by atoms with E-state index in [4.69, 9.17) is 0 Å². The van der Waals surface area contributed by atoms with Crippen molar-refractivity contribution < 1.29 is 23.5 Å². The van der Waals surface area contributed by atoms with Gasteiger partial charge in [-0.2, -0.15) is 18.1 Å². The van der Waals surface area contributed by atoms with Crippen LogP contribution in [0, 0.1) is 0 Å². The Hall–Kier alpha value is -4.18. The molecule has 0 aliphatic heterocycles. The summed E-state index contributed by atoms with van der Waals surface area (Å²) in [5, 5.41) is 16.1. The number of carbonyl (C=O) groups is 1. The summed E-state index contributed by atoms with van der Waals surface area (Å²) in [7, 11) is 0. The van der Waals surface area contributed by atoms with Crippen molar-refractivity contribution in [2.75, 3.05) is 5.32 Å². The minimum absolute atomic E-state index is 0.262. The summed E-state index contributed by atoms with van der Waals surface area (Å²) in [5.41, 5.74) is 0.960. The maximum absolute atomic E-state index is 12.4. The molecule has 7 nitrogen and oxygen atoms in total. The van der Waals surface area contributed by atoms with Gasteiger partial charge in [-0.25, -0.2) is 4.79 Å². The number of aliphatic carboxylic acids is 1. The fourth-order valence-electron chi connectivity index (χ4n) is 3.58. The molecule has 2 N–H and O–H groups in total. The maximum atomic E-state index is 12.4. The van der Waals surface area contributed by atoms with Gasteiger partial charge in [0.2, 0.25) is 16.7 Å². The third-order valence-electron chi connectivity index (χ3n) is 4.98. The van der Waals surface area contributed by atoms with Gasteiger partial charge in [0.1, 0.15) is 5.54 Å². The van der Waals surface area contributed by atoms with Crippen molar-refractivity contribution in [1.29, 1.82) is 0 Å². The van der Waals surface area contributed by atoms with Crippen molar-refractivity contribution in [3.05, 3.63) is 114 Å². The van der Waals surface area contributed by atoms with Crippen LogP contribution in [0.1, 0.15) is 22.5 Å². The largest absolute Gasteiger partial charge is 0.476 e. The van der Waals surface area contributed by atoms with E-state index in [0.717, 1.165) is 28.2 Å². The zero-order valence-electron chi connectivity index (χ0n) is 17.5. The summed E-state index contributed by atoms with van der Waals surface area (Å²) in [4.78, 5) is 19.6. The van der Waals surface area contributed by atoms with Gasteiger partial charge in [-0.1, -0.05) is 96.2 Å². The number of aromatic nitrogens is 2. The van der Waals surface area contributed by atoms with E-state index in [0.29, 0.717) is 0 Å². The molecule has 0 atom stereocenters. The lowest BCUT2D eigenvalue weighted by atomic mass is 9.77. The number of anilines is 1. The first kappa shape index (κ1) is 23.0. The van der Waals surface area contributed by atoms with Crippen molar-refractivity contribution in [3.8, 4) is 0 Å². The summed E-state index contributed by atoms with van der Waals surface area (Å²) >= 11 is 0.881. The normalized spacial score (nSPS) is 11.9. The van der Waals surface area contributed by atoms with Crippen LogP contribution in [0.15, 0.2) is 96.2 Å². The van der Waals surface area contributed by atoms with Crippen LogP contribution in [0.25, 0.3) is 0 Å². The smallest absolute Gasteiger partial charge is 0.407 e. The third kappa shape index (κ3) is 4.76. The minimum atomic E-state index is -3.27. The van der Waals surface area contributed by atoms with Crippen LogP contribution < -0.4 is 5.32 Å². The van der Waals surface area contributed by atoms with Crippen molar-refractivity contribution in [3.63, 3.8) is 0 Å². The minimum Gasteiger partial charge on any atom is -0.476 e. The number of alkyl halides is 2. The highest BCUT2D eigenvalue weighted by molar-refractivity contribution is 7.09. The van der Waals surface area contributed by atoms with Crippen molar-refractivity contribution in [1.82, 2.24) is 9.36 Å². The Bertz CT molecular complexity index is 1170. The molecule has 0 amide bonds. The van der Waals surface area contributed by atoms with E-state index < -0.39 is 23.8 Å². The zero-order valence-corrected chi connectivity index (χ0v) is 18.3. The van der Waals surface area contributed by atoms with E-state index in [1.807, 2.05) is 91.0 Å². The van der Waals surface area contributed by atoms with E-state index in [9.17, 15) is 18.7 Å². The SMILES string of the molecule is O=C(O)C(=NOC(F)F)c1nsc(NC(c2ccccc2)(c2ccccc2)c2ccccc2)n1.